The Labute approximate surface area is 84.7 Å². The topological polar surface area (TPSA) is 38.0 Å². The van der Waals surface area contributed by atoms with E-state index in [2.05, 4.69) is 18.1 Å². The lowest BCUT2D eigenvalue weighted by Gasteiger charge is -2.11. The van der Waals surface area contributed by atoms with Crippen molar-refractivity contribution in [2.24, 2.45) is 5.41 Å². The molecule has 1 aliphatic rings. The number of hydrogen-bond donors (Lipinski definition) is 1. The maximum atomic E-state index is 9.26. The number of hydrogen-bond acceptors (Lipinski definition) is 2. The molecule has 0 spiro atoms. The molecule has 0 atom stereocenters. The summed E-state index contributed by atoms with van der Waals surface area (Å²) in [6.07, 6.45) is 3.31. The molecule has 1 aromatic rings. The molecule has 0 aliphatic heterocycles. The van der Waals surface area contributed by atoms with E-state index < -0.39 is 0 Å². The second-order valence-electron chi connectivity index (χ2n) is 4.43. The van der Waals surface area contributed by atoms with Gasteiger partial charge >= 0.3 is 0 Å². The van der Waals surface area contributed by atoms with Crippen molar-refractivity contribution in [3.63, 3.8) is 0 Å². The largest absolute Gasteiger partial charge is 0.396 e. The fourth-order valence-corrected chi connectivity index (χ4v) is 1.97. The average Bonchev–Trinajstić information content (AvgIpc) is 2.85. The summed E-state index contributed by atoms with van der Waals surface area (Å²) < 4.78 is 2.05. The van der Waals surface area contributed by atoms with E-state index in [1.807, 2.05) is 11.6 Å². The van der Waals surface area contributed by atoms with Gasteiger partial charge in [-0.05, 0) is 44.6 Å². The molecule has 0 amide bonds. The minimum absolute atomic E-state index is 0.194. The zero-order chi connectivity index (χ0) is 10.2. The van der Waals surface area contributed by atoms with E-state index in [1.54, 1.807) is 0 Å². The van der Waals surface area contributed by atoms with Crippen molar-refractivity contribution < 1.29 is 5.11 Å². The van der Waals surface area contributed by atoms with Crippen LogP contribution < -0.4 is 0 Å². The molecule has 3 nitrogen and oxygen atoms in total. The standard InChI is InChI=1S/C11H18N2O/c1-3-13-10(6-9(2)12-13)7-11(8-14)4-5-11/h6,14H,3-5,7-8H2,1-2H3. The molecule has 78 valence electrons. The highest BCUT2D eigenvalue weighted by atomic mass is 16.3. The second kappa shape index (κ2) is 3.39. The van der Waals surface area contributed by atoms with E-state index in [0.717, 1.165) is 31.5 Å². The minimum atomic E-state index is 0.194. The highest BCUT2D eigenvalue weighted by Gasteiger charge is 2.42. The molecule has 1 heterocycles. The van der Waals surface area contributed by atoms with Gasteiger partial charge in [0.15, 0.2) is 0 Å². The Hall–Kier alpha value is -0.830. The van der Waals surface area contributed by atoms with E-state index >= 15 is 0 Å². The average molecular weight is 194 g/mol. The van der Waals surface area contributed by atoms with Gasteiger partial charge < -0.3 is 5.11 Å². The number of rotatable bonds is 4. The zero-order valence-corrected chi connectivity index (χ0v) is 8.95. The van der Waals surface area contributed by atoms with Gasteiger partial charge in [-0.3, -0.25) is 4.68 Å². The summed E-state index contributed by atoms with van der Waals surface area (Å²) in [6.45, 7) is 5.37. The molecule has 0 bridgehead atoms. The van der Waals surface area contributed by atoms with Crippen LogP contribution in [0.15, 0.2) is 6.07 Å². The fraction of sp³-hybridized carbons (Fsp3) is 0.727. The van der Waals surface area contributed by atoms with Crippen LogP contribution in [-0.4, -0.2) is 21.5 Å². The molecule has 1 fully saturated rings. The van der Waals surface area contributed by atoms with Gasteiger partial charge in [0.25, 0.3) is 0 Å². The Morgan fingerprint density at radius 3 is 2.79 bits per heavy atom. The third-order valence-corrected chi connectivity index (χ3v) is 3.13. The number of nitrogens with zero attached hydrogens (tertiary/aromatic N) is 2. The summed E-state index contributed by atoms with van der Waals surface area (Å²) >= 11 is 0. The fourth-order valence-electron chi connectivity index (χ4n) is 1.97. The molecular weight excluding hydrogens is 176 g/mol. The Morgan fingerprint density at radius 1 is 1.57 bits per heavy atom. The van der Waals surface area contributed by atoms with Crippen LogP contribution in [0.5, 0.6) is 0 Å². The molecule has 0 aromatic carbocycles. The summed E-state index contributed by atoms with van der Waals surface area (Å²) in [5.41, 5.74) is 2.55. The van der Waals surface area contributed by atoms with Crippen LogP contribution in [0.3, 0.4) is 0 Å². The number of aryl methyl sites for hydroxylation is 2. The van der Waals surface area contributed by atoms with E-state index in [-0.39, 0.29) is 5.41 Å². The molecular formula is C11H18N2O. The Bertz CT molecular complexity index is 326. The van der Waals surface area contributed by atoms with Gasteiger partial charge in [0.2, 0.25) is 0 Å². The molecule has 1 aromatic heterocycles. The second-order valence-corrected chi connectivity index (χ2v) is 4.43. The van der Waals surface area contributed by atoms with Crippen LogP contribution in [0.4, 0.5) is 0 Å². The van der Waals surface area contributed by atoms with E-state index in [0.29, 0.717) is 6.61 Å². The van der Waals surface area contributed by atoms with Gasteiger partial charge in [0.05, 0.1) is 5.69 Å². The lowest BCUT2D eigenvalue weighted by atomic mass is 10.0. The van der Waals surface area contributed by atoms with Gasteiger partial charge in [-0.2, -0.15) is 5.10 Å². The molecule has 0 saturated heterocycles. The van der Waals surface area contributed by atoms with E-state index in [1.165, 1.54) is 5.69 Å². The molecule has 1 aliphatic carbocycles. The SMILES string of the molecule is CCn1nc(C)cc1CC1(CO)CC1. The third-order valence-electron chi connectivity index (χ3n) is 3.13. The van der Waals surface area contributed by atoms with Gasteiger partial charge in [-0.1, -0.05) is 0 Å². The normalized spacial score (nSPS) is 18.5. The third kappa shape index (κ3) is 1.69. The molecule has 1 saturated carbocycles. The van der Waals surface area contributed by atoms with Gasteiger partial charge in [-0.15, -0.1) is 0 Å². The predicted octanol–water partition coefficient (Wildman–Crippen LogP) is 1.53. The number of aromatic nitrogens is 2. The van der Waals surface area contributed by atoms with Crippen LogP contribution in [0.2, 0.25) is 0 Å². The number of aliphatic hydroxyl groups excluding tert-OH is 1. The van der Waals surface area contributed by atoms with Crippen LogP contribution in [0.1, 0.15) is 31.2 Å². The molecule has 1 N–H and O–H groups in total. The predicted molar refractivity (Wildman–Crippen MR) is 55.1 cm³/mol. The molecule has 0 unspecified atom stereocenters. The first-order valence-electron chi connectivity index (χ1n) is 5.33. The Balaban J connectivity index is 2.15. The molecule has 3 heteroatoms. The summed E-state index contributed by atoms with van der Waals surface area (Å²) in [7, 11) is 0. The van der Waals surface area contributed by atoms with Crippen molar-refractivity contribution in [1.82, 2.24) is 9.78 Å². The molecule has 2 rings (SSSR count). The zero-order valence-electron chi connectivity index (χ0n) is 8.95. The summed E-state index contributed by atoms with van der Waals surface area (Å²) in [6, 6.07) is 2.14. The smallest absolute Gasteiger partial charge is 0.0596 e. The van der Waals surface area contributed by atoms with Gasteiger partial charge in [0.1, 0.15) is 0 Å². The minimum Gasteiger partial charge on any atom is -0.396 e. The maximum absolute atomic E-state index is 9.26. The maximum Gasteiger partial charge on any atom is 0.0596 e. The van der Waals surface area contributed by atoms with Crippen LogP contribution in [-0.2, 0) is 13.0 Å². The van der Waals surface area contributed by atoms with Gasteiger partial charge in [-0.25, -0.2) is 0 Å². The van der Waals surface area contributed by atoms with E-state index in [4.69, 9.17) is 0 Å². The summed E-state index contributed by atoms with van der Waals surface area (Å²) in [4.78, 5) is 0. The lowest BCUT2D eigenvalue weighted by Crippen LogP contribution is -2.14. The van der Waals surface area contributed by atoms with Crippen molar-refractivity contribution in [3.8, 4) is 0 Å². The van der Waals surface area contributed by atoms with Gasteiger partial charge in [0, 0.05) is 18.8 Å². The van der Waals surface area contributed by atoms with Crippen LogP contribution in [0.25, 0.3) is 0 Å². The monoisotopic (exact) mass is 194 g/mol. The van der Waals surface area contributed by atoms with E-state index in [9.17, 15) is 5.11 Å². The van der Waals surface area contributed by atoms with Crippen molar-refractivity contribution >= 4 is 0 Å². The highest BCUT2D eigenvalue weighted by Crippen LogP contribution is 2.47. The van der Waals surface area contributed by atoms with Crippen LogP contribution >= 0.6 is 0 Å². The van der Waals surface area contributed by atoms with Crippen molar-refractivity contribution in [3.05, 3.63) is 17.5 Å². The lowest BCUT2D eigenvalue weighted by molar-refractivity contribution is 0.209. The molecule has 14 heavy (non-hydrogen) atoms. The quantitative estimate of drug-likeness (QED) is 0.789. The van der Waals surface area contributed by atoms with Crippen molar-refractivity contribution in [2.75, 3.05) is 6.61 Å². The first-order chi connectivity index (χ1) is 6.69. The highest BCUT2D eigenvalue weighted by molar-refractivity contribution is 5.14. The summed E-state index contributed by atoms with van der Waals surface area (Å²) in [5.74, 6) is 0. The number of aliphatic hydroxyl groups is 1. The van der Waals surface area contributed by atoms with Crippen molar-refractivity contribution in [2.45, 2.75) is 39.7 Å². The Morgan fingerprint density at radius 2 is 2.29 bits per heavy atom. The van der Waals surface area contributed by atoms with Crippen molar-refractivity contribution in [1.29, 1.82) is 0 Å². The first-order valence-corrected chi connectivity index (χ1v) is 5.33. The first kappa shape index (κ1) is 9.71. The Kier molecular flexibility index (Phi) is 2.35. The summed E-state index contributed by atoms with van der Waals surface area (Å²) in [5, 5.41) is 13.7. The van der Waals surface area contributed by atoms with Crippen LogP contribution in [0, 0.1) is 12.3 Å². The molecule has 0 radical (unpaired) electrons.